The van der Waals surface area contributed by atoms with E-state index in [0.29, 0.717) is 11.3 Å². The minimum atomic E-state index is -0.502. The van der Waals surface area contributed by atoms with Crippen LogP contribution in [-0.2, 0) is 9.59 Å². The van der Waals surface area contributed by atoms with Crippen LogP contribution >= 0.6 is 11.8 Å². The smallest absolute Gasteiger partial charge is 0.248 e. The number of primary amides is 1. The van der Waals surface area contributed by atoms with Crippen molar-refractivity contribution in [2.45, 2.75) is 4.90 Å². The SMILES string of the molecule is COc1ccc(/C=C/C(=O)Nc2ccccc2SCC(N)=O)cc1F. The van der Waals surface area contributed by atoms with Gasteiger partial charge in [-0.25, -0.2) is 4.39 Å². The Morgan fingerprint density at radius 1 is 1.28 bits per heavy atom. The molecule has 3 N–H and O–H groups in total. The van der Waals surface area contributed by atoms with Gasteiger partial charge in [0, 0.05) is 11.0 Å². The number of nitrogens with two attached hydrogens (primary N) is 1. The van der Waals surface area contributed by atoms with E-state index in [1.807, 2.05) is 0 Å². The second-order valence-electron chi connectivity index (χ2n) is 4.97. The van der Waals surface area contributed by atoms with Gasteiger partial charge in [-0.15, -0.1) is 11.8 Å². The average Bonchev–Trinajstić information content (AvgIpc) is 2.59. The first kappa shape index (κ1) is 18.5. The molecule has 2 aromatic carbocycles. The number of carbonyl (C=O) groups is 2. The van der Waals surface area contributed by atoms with Crippen LogP contribution in [0.5, 0.6) is 5.75 Å². The molecule has 0 atom stereocenters. The van der Waals surface area contributed by atoms with E-state index in [1.165, 1.54) is 43.2 Å². The number of rotatable bonds is 7. The van der Waals surface area contributed by atoms with Crippen molar-refractivity contribution in [3.63, 3.8) is 0 Å². The molecular weight excluding hydrogens is 343 g/mol. The average molecular weight is 360 g/mol. The number of thioether (sulfide) groups is 1. The van der Waals surface area contributed by atoms with Gasteiger partial charge < -0.3 is 15.8 Å². The Balaban J connectivity index is 2.05. The van der Waals surface area contributed by atoms with E-state index in [0.717, 1.165) is 4.90 Å². The standard InChI is InChI=1S/C18H17FN2O3S/c1-24-15-8-6-12(10-13(15)19)7-9-18(23)21-14-4-2-3-5-16(14)25-11-17(20)22/h2-10H,11H2,1H3,(H2,20,22)(H,21,23)/b9-7+. The molecule has 0 saturated carbocycles. The van der Waals surface area contributed by atoms with Gasteiger partial charge in [-0.2, -0.15) is 0 Å². The Kier molecular flexibility index (Phi) is 6.59. The van der Waals surface area contributed by atoms with Crippen molar-refractivity contribution in [1.29, 1.82) is 0 Å². The quantitative estimate of drug-likeness (QED) is 0.587. The Bertz CT molecular complexity index is 809. The van der Waals surface area contributed by atoms with Gasteiger partial charge in [-0.1, -0.05) is 18.2 Å². The third-order valence-electron chi connectivity index (χ3n) is 3.12. The lowest BCUT2D eigenvalue weighted by Gasteiger charge is -2.08. The van der Waals surface area contributed by atoms with Gasteiger partial charge >= 0.3 is 0 Å². The molecule has 130 valence electrons. The fourth-order valence-electron chi connectivity index (χ4n) is 1.98. The number of benzene rings is 2. The summed E-state index contributed by atoms with van der Waals surface area (Å²) in [5.41, 5.74) is 6.24. The molecule has 0 aliphatic rings. The van der Waals surface area contributed by atoms with Crippen molar-refractivity contribution < 1.29 is 18.7 Å². The number of hydrogen-bond acceptors (Lipinski definition) is 4. The summed E-state index contributed by atoms with van der Waals surface area (Å²) in [6.07, 6.45) is 2.80. The van der Waals surface area contributed by atoms with Crippen molar-refractivity contribution in [2.75, 3.05) is 18.2 Å². The highest BCUT2D eigenvalue weighted by molar-refractivity contribution is 8.00. The summed E-state index contributed by atoms with van der Waals surface area (Å²) < 4.78 is 18.5. The molecule has 5 nitrogen and oxygen atoms in total. The van der Waals surface area contributed by atoms with E-state index in [4.69, 9.17) is 10.5 Å². The molecule has 2 amide bonds. The zero-order valence-electron chi connectivity index (χ0n) is 13.5. The molecule has 25 heavy (non-hydrogen) atoms. The number of amides is 2. The molecule has 2 aromatic rings. The predicted molar refractivity (Wildman–Crippen MR) is 97.0 cm³/mol. The molecule has 0 aromatic heterocycles. The van der Waals surface area contributed by atoms with Crippen LogP contribution in [-0.4, -0.2) is 24.7 Å². The van der Waals surface area contributed by atoms with Crippen LogP contribution in [0.15, 0.2) is 53.4 Å². The Hall–Kier alpha value is -2.80. The van der Waals surface area contributed by atoms with E-state index in [-0.39, 0.29) is 17.4 Å². The second-order valence-corrected chi connectivity index (χ2v) is 5.98. The molecule has 0 aliphatic heterocycles. The Morgan fingerprint density at radius 3 is 2.72 bits per heavy atom. The maximum atomic E-state index is 13.6. The molecular formula is C18H17FN2O3S. The van der Waals surface area contributed by atoms with Gasteiger partial charge in [0.15, 0.2) is 11.6 Å². The summed E-state index contributed by atoms with van der Waals surface area (Å²) in [6, 6.07) is 11.5. The van der Waals surface area contributed by atoms with Crippen LogP contribution in [0.25, 0.3) is 6.08 Å². The van der Waals surface area contributed by atoms with Crippen molar-refractivity contribution >= 4 is 35.3 Å². The number of methoxy groups -OCH3 is 1. The third-order valence-corrected chi connectivity index (χ3v) is 4.21. The highest BCUT2D eigenvalue weighted by Gasteiger charge is 2.07. The number of nitrogens with one attached hydrogen (secondary N) is 1. The topological polar surface area (TPSA) is 81.4 Å². The first-order valence-corrected chi connectivity index (χ1v) is 8.31. The number of anilines is 1. The number of hydrogen-bond donors (Lipinski definition) is 2. The number of halogens is 1. The molecule has 2 rings (SSSR count). The van der Waals surface area contributed by atoms with Gasteiger partial charge in [-0.3, -0.25) is 9.59 Å². The van der Waals surface area contributed by atoms with Crippen LogP contribution < -0.4 is 15.8 Å². The summed E-state index contributed by atoms with van der Waals surface area (Å²) in [4.78, 5) is 23.7. The largest absolute Gasteiger partial charge is 0.494 e. The first-order chi connectivity index (χ1) is 12.0. The molecule has 0 unspecified atom stereocenters. The third kappa shape index (κ3) is 5.65. The molecule has 0 fully saturated rings. The summed E-state index contributed by atoms with van der Waals surface area (Å²) in [7, 11) is 1.38. The molecule has 0 saturated heterocycles. The van der Waals surface area contributed by atoms with Gasteiger partial charge in [0.2, 0.25) is 11.8 Å². The fraction of sp³-hybridized carbons (Fsp3) is 0.111. The van der Waals surface area contributed by atoms with Gasteiger partial charge in [-0.05, 0) is 35.9 Å². The first-order valence-electron chi connectivity index (χ1n) is 7.32. The highest BCUT2D eigenvalue weighted by Crippen LogP contribution is 2.26. The molecule has 0 spiro atoms. The Labute approximate surface area is 149 Å². The predicted octanol–water partition coefficient (Wildman–Crippen LogP) is 3.06. The van der Waals surface area contributed by atoms with Crippen LogP contribution in [0.1, 0.15) is 5.56 Å². The lowest BCUT2D eigenvalue weighted by molar-refractivity contribution is -0.115. The van der Waals surface area contributed by atoms with Crippen LogP contribution in [0.3, 0.4) is 0 Å². The minimum Gasteiger partial charge on any atom is -0.494 e. The van der Waals surface area contributed by atoms with Gasteiger partial charge in [0.1, 0.15) is 0 Å². The van der Waals surface area contributed by atoms with Gasteiger partial charge in [0.25, 0.3) is 0 Å². The summed E-state index contributed by atoms with van der Waals surface area (Å²) >= 11 is 1.24. The fourth-order valence-corrected chi connectivity index (χ4v) is 2.72. The second kappa shape index (κ2) is 8.89. The summed E-state index contributed by atoms with van der Waals surface area (Å²) in [5.74, 6) is -1.05. The van der Waals surface area contributed by atoms with E-state index in [9.17, 15) is 14.0 Å². The maximum Gasteiger partial charge on any atom is 0.248 e. The highest BCUT2D eigenvalue weighted by atomic mass is 32.2. The van der Waals surface area contributed by atoms with Crippen LogP contribution in [0.2, 0.25) is 0 Å². The van der Waals surface area contributed by atoms with E-state index in [2.05, 4.69) is 5.32 Å². The zero-order valence-corrected chi connectivity index (χ0v) is 14.3. The lowest BCUT2D eigenvalue weighted by atomic mass is 10.2. The number of carbonyl (C=O) groups excluding carboxylic acids is 2. The molecule has 0 heterocycles. The van der Waals surface area contributed by atoms with E-state index >= 15 is 0 Å². The normalized spacial score (nSPS) is 10.6. The zero-order chi connectivity index (χ0) is 18.2. The number of ether oxygens (including phenoxy) is 1. The van der Waals surface area contributed by atoms with E-state index in [1.54, 1.807) is 30.3 Å². The molecule has 7 heteroatoms. The summed E-state index contributed by atoms with van der Waals surface area (Å²) in [5, 5.41) is 2.72. The number of para-hydroxylation sites is 1. The van der Waals surface area contributed by atoms with Gasteiger partial charge in [0.05, 0.1) is 18.6 Å². The molecule has 0 radical (unpaired) electrons. The molecule has 0 bridgehead atoms. The van der Waals surface area contributed by atoms with Crippen molar-refractivity contribution in [3.05, 3.63) is 59.9 Å². The summed E-state index contributed by atoms with van der Waals surface area (Å²) in [6.45, 7) is 0. The minimum absolute atomic E-state index is 0.119. The lowest BCUT2D eigenvalue weighted by Crippen LogP contribution is -2.13. The molecule has 0 aliphatic carbocycles. The van der Waals surface area contributed by atoms with Crippen LogP contribution in [0, 0.1) is 5.82 Å². The van der Waals surface area contributed by atoms with Crippen LogP contribution in [0.4, 0.5) is 10.1 Å². The Morgan fingerprint density at radius 2 is 2.04 bits per heavy atom. The van der Waals surface area contributed by atoms with Crippen molar-refractivity contribution in [2.24, 2.45) is 5.73 Å². The van der Waals surface area contributed by atoms with Crippen molar-refractivity contribution in [3.8, 4) is 5.75 Å². The monoisotopic (exact) mass is 360 g/mol. The van der Waals surface area contributed by atoms with E-state index < -0.39 is 11.7 Å². The maximum absolute atomic E-state index is 13.6. The van der Waals surface area contributed by atoms with Crippen molar-refractivity contribution in [1.82, 2.24) is 0 Å².